The quantitative estimate of drug-likeness (QED) is 0.881. The zero-order valence-electron chi connectivity index (χ0n) is 9.85. The molecule has 0 saturated carbocycles. The standard InChI is InChI=1S/C11H16N4OS/c1-15(6-8-3-2-4-16-7-8)11-9(5-12)10(13)14-17-11/h8H,2-4,6-7H2,1H3,(H2,13,14). The molecule has 6 heteroatoms. The maximum absolute atomic E-state index is 9.03. The highest BCUT2D eigenvalue weighted by Crippen LogP contribution is 2.30. The van der Waals surface area contributed by atoms with E-state index < -0.39 is 0 Å². The van der Waals surface area contributed by atoms with Gasteiger partial charge in [0, 0.05) is 20.2 Å². The van der Waals surface area contributed by atoms with Crippen LogP contribution in [0.5, 0.6) is 0 Å². The summed E-state index contributed by atoms with van der Waals surface area (Å²) in [5.74, 6) is 0.864. The minimum Gasteiger partial charge on any atom is -0.382 e. The monoisotopic (exact) mass is 252 g/mol. The summed E-state index contributed by atoms with van der Waals surface area (Å²) in [4.78, 5) is 2.06. The number of hydrogen-bond donors (Lipinski definition) is 1. The number of anilines is 2. The molecule has 5 nitrogen and oxygen atoms in total. The zero-order chi connectivity index (χ0) is 12.3. The molecule has 1 unspecified atom stereocenters. The lowest BCUT2D eigenvalue weighted by Crippen LogP contribution is -2.30. The second-order valence-electron chi connectivity index (χ2n) is 4.32. The van der Waals surface area contributed by atoms with Gasteiger partial charge in [0.05, 0.1) is 6.61 Å². The van der Waals surface area contributed by atoms with Crippen molar-refractivity contribution in [1.82, 2.24) is 4.37 Å². The maximum atomic E-state index is 9.03. The summed E-state index contributed by atoms with van der Waals surface area (Å²) in [6.07, 6.45) is 2.30. The predicted molar refractivity (Wildman–Crippen MR) is 68.1 cm³/mol. The summed E-state index contributed by atoms with van der Waals surface area (Å²) in [5.41, 5.74) is 6.14. The van der Waals surface area contributed by atoms with E-state index in [2.05, 4.69) is 15.3 Å². The SMILES string of the molecule is CN(CC1CCCOC1)c1snc(N)c1C#N. The lowest BCUT2D eigenvalue weighted by atomic mass is 10.0. The van der Waals surface area contributed by atoms with Gasteiger partial charge in [0.15, 0.2) is 5.82 Å². The molecule has 1 aromatic heterocycles. The molecule has 0 aliphatic carbocycles. The van der Waals surface area contributed by atoms with Gasteiger partial charge >= 0.3 is 0 Å². The molecule has 2 heterocycles. The summed E-state index contributed by atoms with van der Waals surface area (Å²) in [6, 6.07) is 2.11. The van der Waals surface area contributed by atoms with E-state index in [1.165, 1.54) is 18.0 Å². The van der Waals surface area contributed by atoms with Crippen LogP contribution in [-0.4, -0.2) is 31.2 Å². The van der Waals surface area contributed by atoms with Gasteiger partial charge in [-0.2, -0.15) is 9.64 Å². The summed E-state index contributed by atoms with van der Waals surface area (Å²) in [7, 11) is 1.97. The van der Waals surface area contributed by atoms with Gasteiger partial charge in [-0.1, -0.05) is 0 Å². The smallest absolute Gasteiger partial charge is 0.157 e. The number of aromatic nitrogens is 1. The van der Waals surface area contributed by atoms with Gasteiger partial charge in [0.1, 0.15) is 16.6 Å². The molecule has 2 N–H and O–H groups in total. The Hall–Kier alpha value is -1.32. The number of nitrogen functional groups attached to an aromatic ring is 1. The van der Waals surface area contributed by atoms with Gasteiger partial charge in [-0.25, -0.2) is 0 Å². The van der Waals surface area contributed by atoms with E-state index in [4.69, 9.17) is 15.7 Å². The average Bonchev–Trinajstić information content (AvgIpc) is 2.71. The highest BCUT2D eigenvalue weighted by Gasteiger charge is 2.20. The minimum absolute atomic E-state index is 0.333. The molecule has 0 spiro atoms. The van der Waals surface area contributed by atoms with E-state index in [0.717, 1.165) is 31.2 Å². The molecule has 0 bridgehead atoms. The van der Waals surface area contributed by atoms with E-state index in [9.17, 15) is 0 Å². The molecule has 0 amide bonds. The molecule has 0 aromatic carbocycles. The van der Waals surface area contributed by atoms with Crippen LogP contribution < -0.4 is 10.6 Å². The third-order valence-electron chi connectivity index (χ3n) is 2.95. The van der Waals surface area contributed by atoms with E-state index in [0.29, 0.717) is 17.3 Å². The van der Waals surface area contributed by atoms with Gasteiger partial charge in [-0.15, -0.1) is 0 Å². The number of nitrogens with two attached hydrogens (primary N) is 1. The fourth-order valence-electron chi connectivity index (χ4n) is 2.08. The van der Waals surface area contributed by atoms with Gasteiger partial charge in [-0.3, -0.25) is 0 Å². The van der Waals surface area contributed by atoms with Gasteiger partial charge < -0.3 is 15.4 Å². The van der Waals surface area contributed by atoms with Crippen molar-refractivity contribution >= 4 is 22.4 Å². The van der Waals surface area contributed by atoms with Crippen molar-refractivity contribution in [3.05, 3.63) is 5.56 Å². The van der Waals surface area contributed by atoms with Crippen molar-refractivity contribution in [2.75, 3.05) is 37.4 Å². The molecule has 17 heavy (non-hydrogen) atoms. The van der Waals surface area contributed by atoms with Crippen molar-refractivity contribution in [3.8, 4) is 6.07 Å². The number of rotatable bonds is 3. The van der Waals surface area contributed by atoms with E-state index in [1.54, 1.807) is 0 Å². The highest BCUT2D eigenvalue weighted by molar-refractivity contribution is 7.10. The highest BCUT2D eigenvalue weighted by atomic mass is 32.1. The van der Waals surface area contributed by atoms with Crippen LogP contribution in [0, 0.1) is 17.2 Å². The van der Waals surface area contributed by atoms with Crippen LogP contribution >= 0.6 is 11.5 Å². The van der Waals surface area contributed by atoms with E-state index in [1.807, 2.05) is 7.05 Å². The molecule has 1 aliphatic rings. The van der Waals surface area contributed by atoms with E-state index >= 15 is 0 Å². The minimum atomic E-state index is 0.333. The Morgan fingerprint density at radius 1 is 1.71 bits per heavy atom. The fourth-order valence-corrected chi connectivity index (χ4v) is 2.81. The molecule has 2 rings (SSSR count). The average molecular weight is 252 g/mol. The molecular formula is C11H16N4OS. The van der Waals surface area contributed by atoms with Crippen molar-refractivity contribution in [2.24, 2.45) is 5.92 Å². The molecule has 1 aliphatic heterocycles. The van der Waals surface area contributed by atoms with Gasteiger partial charge in [-0.05, 0) is 30.3 Å². The lowest BCUT2D eigenvalue weighted by molar-refractivity contribution is 0.0577. The van der Waals surface area contributed by atoms with Gasteiger partial charge in [0.25, 0.3) is 0 Å². The Balaban J connectivity index is 2.03. The Kier molecular flexibility index (Phi) is 3.82. The number of nitriles is 1. The molecule has 1 aromatic rings. The Morgan fingerprint density at radius 3 is 3.18 bits per heavy atom. The van der Waals surface area contributed by atoms with Crippen LogP contribution in [-0.2, 0) is 4.74 Å². The molecule has 1 saturated heterocycles. The number of nitrogens with zero attached hydrogens (tertiary/aromatic N) is 3. The van der Waals surface area contributed by atoms with Gasteiger partial charge in [0.2, 0.25) is 0 Å². The third-order valence-corrected chi connectivity index (χ3v) is 3.92. The first kappa shape index (κ1) is 12.1. The second-order valence-corrected chi connectivity index (χ2v) is 5.08. The van der Waals surface area contributed by atoms with Crippen molar-refractivity contribution in [3.63, 3.8) is 0 Å². The number of hydrogen-bond acceptors (Lipinski definition) is 6. The van der Waals surface area contributed by atoms with Crippen LogP contribution in [0.3, 0.4) is 0 Å². The van der Waals surface area contributed by atoms with E-state index in [-0.39, 0.29) is 0 Å². The summed E-state index contributed by atoms with van der Waals surface area (Å²) in [6.45, 7) is 2.56. The van der Waals surface area contributed by atoms with Crippen LogP contribution in [0.4, 0.5) is 10.8 Å². The molecule has 92 valence electrons. The maximum Gasteiger partial charge on any atom is 0.157 e. The fraction of sp³-hybridized carbons (Fsp3) is 0.636. The summed E-state index contributed by atoms with van der Waals surface area (Å²) < 4.78 is 9.48. The summed E-state index contributed by atoms with van der Waals surface area (Å²) in [5, 5.41) is 9.89. The first-order valence-electron chi connectivity index (χ1n) is 5.66. The molecule has 1 fully saturated rings. The molecule has 0 radical (unpaired) electrons. The van der Waals surface area contributed by atoms with Crippen molar-refractivity contribution in [2.45, 2.75) is 12.8 Å². The van der Waals surface area contributed by atoms with Crippen molar-refractivity contribution < 1.29 is 4.74 Å². The number of ether oxygens (including phenoxy) is 1. The molecular weight excluding hydrogens is 236 g/mol. The topological polar surface area (TPSA) is 75.2 Å². The van der Waals surface area contributed by atoms with Crippen molar-refractivity contribution in [1.29, 1.82) is 5.26 Å². The van der Waals surface area contributed by atoms with Crippen LogP contribution in [0.1, 0.15) is 18.4 Å². The second kappa shape index (κ2) is 5.34. The summed E-state index contributed by atoms with van der Waals surface area (Å²) >= 11 is 1.29. The Labute approximate surface area is 105 Å². The third kappa shape index (κ3) is 2.68. The van der Waals surface area contributed by atoms with Crippen LogP contribution in [0.15, 0.2) is 0 Å². The zero-order valence-corrected chi connectivity index (χ0v) is 10.7. The predicted octanol–water partition coefficient (Wildman–Crippen LogP) is 1.46. The largest absolute Gasteiger partial charge is 0.382 e. The van der Waals surface area contributed by atoms with Crippen LogP contribution in [0.25, 0.3) is 0 Å². The first-order valence-corrected chi connectivity index (χ1v) is 6.44. The molecule has 1 atom stereocenters. The lowest BCUT2D eigenvalue weighted by Gasteiger charge is -2.27. The normalized spacial score (nSPS) is 19.9. The first-order chi connectivity index (χ1) is 8.22. The Morgan fingerprint density at radius 2 is 2.53 bits per heavy atom. The van der Waals surface area contributed by atoms with Crippen LogP contribution in [0.2, 0.25) is 0 Å². The Bertz CT molecular complexity index is 420.